The lowest BCUT2D eigenvalue weighted by Gasteiger charge is -2.12. The molecule has 0 bridgehead atoms. The van der Waals surface area contributed by atoms with Gasteiger partial charge in [0.1, 0.15) is 34.9 Å². The molecule has 10 heteroatoms. The molecule has 0 aliphatic rings. The molecule has 0 spiro atoms. The van der Waals surface area contributed by atoms with Gasteiger partial charge in [0.25, 0.3) is 0 Å². The van der Waals surface area contributed by atoms with Gasteiger partial charge in [-0.2, -0.15) is 10.2 Å². The minimum Gasteiger partial charge on any atom is -0.368 e. The number of pyridine rings is 1. The fourth-order valence-corrected chi connectivity index (χ4v) is 3.05. The number of nitriles is 1. The van der Waals surface area contributed by atoms with E-state index in [1.807, 2.05) is 6.07 Å². The molecule has 0 unspecified atom stereocenters. The SMILES string of the molecule is C#C.Cc1nc(N)nc(NCc2nc3ccc(F)cc3n2-c2cncc(F)c2)c1C#N. The van der Waals surface area contributed by atoms with Crippen LogP contribution in [0, 0.1) is 42.7 Å². The highest BCUT2D eigenvalue weighted by Crippen LogP contribution is 2.24. The molecule has 0 saturated heterocycles. The molecule has 0 radical (unpaired) electrons. The van der Waals surface area contributed by atoms with E-state index >= 15 is 0 Å². The maximum Gasteiger partial charge on any atom is 0.222 e. The van der Waals surface area contributed by atoms with Crippen molar-refractivity contribution < 1.29 is 8.78 Å². The second-order valence-electron chi connectivity index (χ2n) is 6.21. The van der Waals surface area contributed by atoms with Gasteiger partial charge in [0.05, 0.1) is 41.4 Å². The number of hydrogen-bond donors (Lipinski definition) is 2. The number of imidazole rings is 1. The Morgan fingerprint density at radius 3 is 2.61 bits per heavy atom. The predicted molar refractivity (Wildman–Crippen MR) is 112 cm³/mol. The summed E-state index contributed by atoms with van der Waals surface area (Å²) in [5.74, 6) is -0.274. The number of rotatable bonds is 4. The van der Waals surface area contributed by atoms with Crippen LogP contribution in [0.5, 0.6) is 0 Å². The van der Waals surface area contributed by atoms with Gasteiger partial charge in [-0.05, 0) is 19.1 Å². The van der Waals surface area contributed by atoms with Crippen molar-refractivity contribution in [2.24, 2.45) is 0 Å². The lowest BCUT2D eigenvalue weighted by molar-refractivity contribution is 0.619. The first-order chi connectivity index (χ1) is 15.0. The summed E-state index contributed by atoms with van der Waals surface area (Å²) in [6, 6.07) is 7.45. The smallest absolute Gasteiger partial charge is 0.222 e. The van der Waals surface area contributed by atoms with E-state index < -0.39 is 11.6 Å². The van der Waals surface area contributed by atoms with Gasteiger partial charge in [-0.25, -0.2) is 18.7 Å². The molecule has 8 nitrogen and oxygen atoms in total. The van der Waals surface area contributed by atoms with E-state index in [-0.39, 0.29) is 23.9 Å². The molecule has 3 N–H and O–H groups in total. The summed E-state index contributed by atoms with van der Waals surface area (Å²) in [4.78, 5) is 16.4. The van der Waals surface area contributed by atoms with Crippen LogP contribution in [0.2, 0.25) is 0 Å². The number of nitrogen functional groups attached to an aromatic ring is 1. The van der Waals surface area contributed by atoms with E-state index in [9.17, 15) is 14.0 Å². The number of fused-ring (bicyclic) bond motifs is 1. The van der Waals surface area contributed by atoms with Gasteiger partial charge in [-0.3, -0.25) is 9.55 Å². The molecule has 1 aromatic carbocycles. The van der Waals surface area contributed by atoms with Crippen LogP contribution in [0.4, 0.5) is 20.5 Å². The van der Waals surface area contributed by atoms with E-state index in [0.717, 1.165) is 6.20 Å². The molecule has 31 heavy (non-hydrogen) atoms. The van der Waals surface area contributed by atoms with Crippen molar-refractivity contribution >= 4 is 22.8 Å². The van der Waals surface area contributed by atoms with E-state index in [4.69, 9.17) is 5.73 Å². The van der Waals surface area contributed by atoms with Crippen molar-refractivity contribution in [3.05, 3.63) is 65.4 Å². The van der Waals surface area contributed by atoms with Gasteiger partial charge in [-0.15, -0.1) is 12.8 Å². The van der Waals surface area contributed by atoms with E-state index in [0.29, 0.717) is 28.2 Å². The monoisotopic (exact) mass is 418 g/mol. The zero-order valence-corrected chi connectivity index (χ0v) is 16.3. The van der Waals surface area contributed by atoms with Gasteiger partial charge < -0.3 is 11.1 Å². The Bertz CT molecular complexity index is 1320. The Kier molecular flexibility index (Phi) is 6.03. The third kappa shape index (κ3) is 4.23. The summed E-state index contributed by atoms with van der Waals surface area (Å²) in [7, 11) is 0. The molecule has 154 valence electrons. The van der Waals surface area contributed by atoms with E-state index in [1.165, 1.54) is 30.5 Å². The molecule has 3 aromatic heterocycles. The van der Waals surface area contributed by atoms with E-state index in [1.54, 1.807) is 11.5 Å². The zero-order chi connectivity index (χ0) is 22.5. The van der Waals surface area contributed by atoms with Crippen molar-refractivity contribution in [2.45, 2.75) is 13.5 Å². The molecule has 4 rings (SSSR count). The molecule has 0 aliphatic heterocycles. The minimum absolute atomic E-state index is 0.0221. The average Bonchev–Trinajstić information content (AvgIpc) is 3.11. The number of benzene rings is 1. The number of nitrogens with one attached hydrogen (secondary N) is 1. The first kappa shape index (κ1) is 21.1. The van der Waals surface area contributed by atoms with Gasteiger partial charge >= 0.3 is 0 Å². The summed E-state index contributed by atoms with van der Waals surface area (Å²) < 4.78 is 29.2. The Hall–Kier alpha value is -4.57. The van der Waals surface area contributed by atoms with Gasteiger partial charge in [0.2, 0.25) is 5.95 Å². The van der Waals surface area contributed by atoms with Crippen LogP contribution in [-0.2, 0) is 6.54 Å². The minimum atomic E-state index is -0.536. The Morgan fingerprint density at radius 2 is 1.90 bits per heavy atom. The summed E-state index contributed by atoms with van der Waals surface area (Å²) in [6.07, 6.45) is 10.5. The number of nitrogens with zero attached hydrogens (tertiary/aromatic N) is 6. The number of terminal acetylenes is 1. The molecule has 3 heterocycles. The van der Waals surface area contributed by atoms with Crippen LogP contribution in [0.25, 0.3) is 16.7 Å². The molecule has 0 atom stereocenters. The highest BCUT2D eigenvalue weighted by molar-refractivity contribution is 5.78. The lowest BCUT2D eigenvalue weighted by atomic mass is 10.2. The fraction of sp³-hybridized carbons (Fsp3) is 0.0952. The third-order valence-corrected chi connectivity index (χ3v) is 4.27. The predicted octanol–water partition coefficient (Wildman–Crippen LogP) is 3.11. The van der Waals surface area contributed by atoms with Gasteiger partial charge in [0.15, 0.2) is 0 Å². The highest BCUT2D eigenvalue weighted by Gasteiger charge is 2.16. The van der Waals surface area contributed by atoms with Crippen LogP contribution < -0.4 is 11.1 Å². The Labute approximate surface area is 176 Å². The van der Waals surface area contributed by atoms with Crippen LogP contribution in [0.1, 0.15) is 17.1 Å². The zero-order valence-electron chi connectivity index (χ0n) is 16.3. The maximum atomic E-state index is 13.8. The highest BCUT2D eigenvalue weighted by atomic mass is 19.1. The van der Waals surface area contributed by atoms with Crippen LogP contribution in [0.15, 0.2) is 36.7 Å². The van der Waals surface area contributed by atoms with Gasteiger partial charge in [-0.1, -0.05) is 0 Å². The molecule has 0 amide bonds. The van der Waals surface area contributed by atoms with Gasteiger partial charge in [0, 0.05) is 12.1 Å². The molecular formula is C21H16F2N8. The third-order valence-electron chi connectivity index (χ3n) is 4.27. The van der Waals surface area contributed by atoms with E-state index in [2.05, 4.69) is 38.1 Å². The fourth-order valence-electron chi connectivity index (χ4n) is 3.05. The second kappa shape index (κ2) is 8.84. The van der Waals surface area contributed by atoms with Crippen molar-refractivity contribution in [1.29, 1.82) is 5.26 Å². The molecular weight excluding hydrogens is 402 g/mol. The van der Waals surface area contributed by atoms with Crippen LogP contribution >= 0.6 is 0 Å². The lowest BCUT2D eigenvalue weighted by Crippen LogP contribution is -2.12. The first-order valence-corrected chi connectivity index (χ1v) is 8.85. The molecule has 0 fully saturated rings. The maximum absolute atomic E-state index is 13.8. The molecule has 4 aromatic rings. The van der Waals surface area contributed by atoms with Crippen molar-refractivity contribution in [3.63, 3.8) is 0 Å². The molecule has 0 aliphatic carbocycles. The summed E-state index contributed by atoms with van der Waals surface area (Å²) in [5.41, 5.74) is 7.73. The van der Waals surface area contributed by atoms with Crippen molar-refractivity contribution in [1.82, 2.24) is 24.5 Å². The summed E-state index contributed by atoms with van der Waals surface area (Å²) >= 11 is 0. The van der Waals surface area contributed by atoms with Crippen LogP contribution in [0.3, 0.4) is 0 Å². The second-order valence-corrected chi connectivity index (χ2v) is 6.21. The number of aryl methyl sites for hydroxylation is 1. The summed E-state index contributed by atoms with van der Waals surface area (Å²) in [6.45, 7) is 1.76. The number of nitrogens with two attached hydrogens (primary N) is 1. The average molecular weight is 418 g/mol. The van der Waals surface area contributed by atoms with Crippen LogP contribution in [-0.4, -0.2) is 24.5 Å². The quantitative estimate of drug-likeness (QED) is 0.489. The molecule has 0 saturated carbocycles. The largest absolute Gasteiger partial charge is 0.368 e. The van der Waals surface area contributed by atoms with Crippen molar-refractivity contribution in [3.8, 4) is 24.6 Å². The Morgan fingerprint density at radius 1 is 1.13 bits per heavy atom. The number of halogens is 2. The summed E-state index contributed by atoms with van der Waals surface area (Å²) in [5, 5.41) is 12.4. The number of hydrogen-bond acceptors (Lipinski definition) is 7. The van der Waals surface area contributed by atoms with Crippen molar-refractivity contribution in [2.75, 3.05) is 11.1 Å². The Balaban J connectivity index is 0.00000132. The standard InChI is InChI=1S/C19H14F2N8.C2H2/c1-10-14(6-22)18(28-19(23)26-10)25-9-17-27-15-3-2-11(20)5-16(15)29(17)13-4-12(21)7-24-8-13;1-2/h2-5,7-8H,9H2,1H3,(H3,23,25,26,28);1-2H. The number of anilines is 2. The normalized spacial score (nSPS) is 10.2. The topological polar surface area (TPSA) is 118 Å². The first-order valence-electron chi connectivity index (χ1n) is 8.85. The number of aromatic nitrogens is 5.